The summed E-state index contributed by atoms with van der Waals surface area (Å²) >= 11 is 0. The largest absolute Gasteiger partial charge is 0.461 e. The predicted octanol–water partition coefficient (Wildman–Crippen LogP) is 0.134. The molecule has 9 nitrogen and oxygen atoms in total. The van der Waals surface area contributed by atoms with Gasteiger partial charge in [-0.15, -0.1) is 0 Å². The molecule has 0 aromatic carbocycles. The Morgan fingerprint density at radius 1 is 1.46 bits per heavy atom. The molecule has 1 amide bonds. The first-order chi connectivity index (χ1) is 11.3. The van der Waals surface area contributed by atoms with Crippen LogP contribution in [0.3, 0.4) is 0 Å². The normalized spacial score (nSPS) is 12.8. The number of carbonyl (C=O) groups is 3. The molecule has 24 heavy (non-hydrogen) atoms. The van der Waals surface area contributed by atoms with Crippen molar-refractivity contribution in [2.45, 2.75) is 44.9 Å². The summed E-state index contributed by atoms with van der Waals surface area (Å²) in [5, 5.41) is 12.3. The molecule has 1 aromatic rings. The quantitative estimate of drug-likeness (QED) is 0.254. The van der Waals surface area contributed by atoms with E-state index >= 15 is 0 Å². The molecule has 0 radical (unpaired) electrons. The number of rotatable bonds is 9. The lowest BCUT2D eigenvalue weighted by atomic mass is 10.1. The number of hydrogen-bond acceptors (Lipinski definition) is 5. The van der Waals surface area contributed by atoms with Crippen molar-refractivity contribution in [2.24, 2.45) is 0 Å². The number of hydrogen-bond donors (Lipinski definition) is 3. The summed E-state index contributed by atoms with van der Waals surface area (Å²) in [6, 6.07) is 2.02. The molecule has 1 aromatic heterocycles. The van der Waals surface area contributed by atoms with Crippen LogP contribution in [0.1, 0.15) is 38.5 Å². The Kier molecular flexibility index (Phi) is 7.54. The molecule has 0 saturated heterocycles. The first-order valence-electron chi connectivity index (χ1n) is 7.37. The second kappa shape index (κ2) is 9.39. The standard InChI is InChI=1S/C15H20N4O5/c1-9(2)24-15(23)12(6-5-10(20)8-18-16)19-14(22)13(21)11-4-3-7-17-11/h3-4,7-9,12-13,17,21H,5-6H2,1-2H3,(H,19,22)/t12-,13+/m0/s1. The second-order valence-corrected chi connectivity index (χ2v) is 5.32. The average molecular weight is 336 g/mol. The molecule has 0 aliphatic heterocycles. The van der Waals surface area contributed by atoms with Crippen LogP contribution in [0.25, 0.3) is 5.53 Å². The highest BCUT2D eigenvalue weighted by molar-refractivity contribution is 6.25. The lowest BCUT2D eigenvalue weighted by molar-refractivity contribution is -0.152. The predicted molar refractivity (Wildman–Crippen MR) is 82.8 cm³/mol. The number of nitrogens with one attached hydrogen (secondary N) is 2. The summed E-state index contributed by atoms with van der Waals surface area (Å²) in [4.78, 5) is 40.8. The fraction of sp³-hybridized carbons (Fsp3) is 0.467. The Morgan fingerprint density at radius 3 is 2.71 bits per heavy atom. The van der Waals surface area contributed by atoms with E-state index in [0.29, 0.717) is 6.21 Å². The average Bonchev–Trinajstić information content (AvgIpc) is 3.04. The van der Waals surface area contributed by atoms with Gasteiger partial charge in [-0.3, -0.25) is 9.59 Å². The molecule has 0 unspecified atom stereocenters. The molecule has 0 aliphatic carbocycles. The number of ketones is 1. The SMILES string of the molecule is CC(C)OC(=O)[C@H](CCC(=O)C=[N+]=[N-])NC(=O)[C@H](O)c1ccc[nH]1. The number of aliphatic hydroxyl groups is 1. The van der Waals surface area contributed by atoms with E-state index in [1.165, 1.54) is 6.07 Å². The Labute approximate surface area is 138 Å². The van der Waals surface area contributed by atoms with Crippen molar-refractivity contribution < 1.29 is 29.0 Å². The van der Waals surface area contributed by atoms with Gasteiger partial charge in [0, 0.05) is 12.6 Å². The number of nitrogens with zero attached hydrogens (tertiary/aromatic N) is 2. The smallest absolute Gasteiger partial charge is 0.328 e. The number of aliphatic hydroxyl groups excluding tert-OH is 1. The molecular weight excluding hydrogens is 316 g/mol. The number of ether oxygens (including phenoxy) is 1. The Hall–Kier alpha value is -2.77. The summed E-state index contributed by atoms with van der Waals surface area (Å²) in [7, 11) is 0. The highest BCUT2D eigenvalue weighted by atomic mass is 16.5. The Bertz CT molecular complexity index is 620. The van der Waals surface area contributed by atoms with Crippen LogP contribution in [0.15, 0.2) is 18.3 Å². The van der Waals surface area contributed by atoms with E-state index in [2.05, 4.69) is 15.1 Å². The number of H-pyrrole nitrogens is 1. The van der Waals surface area contributed by atoms with Gasteiger partial charge < -0.3 is 25.7 Å². The molecule has 3 N–H and O–H groups in total. The molecular formula is C15H20N4O5. The number of esters is 1. The lowest BCUT2D eigenvalue weighted by Crippen LogP contribution is -2.44. The van der Waals surface area contributed by atoms with Gasteiger partial charge in [-0.1, -0.05) is 0 Å². The van der Waals surface area contributed by atoms with Crippen LogP contribution in [0, 0.1) is 0 Å². The third kappa shape index (κ3) is 6.15. The van der Waals surface area contributed by atoms with Gasteiger partial charge in [0.15, 0.2) is 6.10 Å². The minimum atomic E-state index is -1.48. The molecule has 0 saturated carbocycles. The van der Waals surface area contributed by atoms with E-state index < -0.39 is 35.9 Å². The molecule has 2 atom stereocenters. The van der Waals surface area contributed by atoms with E-state index in [1.54, 1.807) is 26.1 Å². The zero-order valence-corrected chi connectivity index (χ0v) is 13.4. The van der Waals surface area contributed by atoms with Crippen LogP contribution in [-0.2, 0) is 19.1 Å². The van der Waals surface area contributed by atoms with E-state index in [-0.39, 0.29) is 18.5 Å². The number of amides is 1. The molecule has 1 rings (SSSR count). The van der Waals surface area contributed by atoms with Gasteiger partial charge in [0.25, 0.3) is 5.91 Å². The van der Waals surface area contributed by atoms with Crippen LogP contribution in [0.2, 0.25) is 0 Å². The van der Waals surface area contributed by atoms with E-state index in [4.69, 9.17) is 10.3 Å². The molecule has 0 aliphatic rings. The zero-order valence-electron chi connectivity index (χ0n) is 13.4. The minimum Gasteiger partial charge on any atom is -0.461 e. The zero-order chi connectivity index (χ0) is 18.1. The van der Waals surface area contributed by atoms with Gasteiger partial charge >= 0.3 is 12.2 Å². The topological polar surface area (TPSA) is 145 Å². The van der Waals surface area contributed by atoms with Crippen molar-refractivity contribution in [3.63, 3.8) is 0 Å². The van der Waals surface area contributed by atoms with Crippen LogP contribution in [0.4, 0.5) is 0 Å². The van der Waals surface area contributed by atoms with Crippen molar-refractivity contribution in [1.82, 2.24) is 10.3 Å². The second-order valence-electron chi connectivity index (χ2n) is 5.32. The maximum absolute atomic E-state index is 12.1. The van der Waals surface area contributed by atoms with Crippen LogP contribution in [-0.4, -0.2) is 50.9 Å². The van der Waals surface area contributed by atoms with Gasteiger partial charge in [0.1, 0.15) is 6.04 Å². The highest BCUT2D eigenvalue weighted by Gasteiger charge is 2.28. The summed E-state index contributed by atoms with van der Waals surface area (Å²) in [6.45, 7) is 3.29. The van der Waals surface area contributed by atoms with Crippen molar-refractivity contribution >= 4 is 23.9 Å². The fourth-order valence-corrected chi connectivity index (χ4v) is 1.89. The summed E-state index contributed by atoms with van der Waals surface area (Å²) in [5.74, 6) is -2.03. The molecule has 1 heterocycles. The fourth-order valence-electron chi connectivity index (χ4n) is 1.89. The minimum absolute atomic E-state index is 0.0560. The third-order valence-corrected chi connectivity index (χ3v) is 3.00. The van der Waals surface area contributed by atoms with Crippen LogP contribution >= 0.6 is 0 Å². The van der Waals surface area contributed by atoms with Gasteiger partial charge in [-0.25, -0.2) is 4.79 Å². The summed E-state index contributed by atoms with van der Waals surface area (Å²) in [6.07, 6.45) is 0.174. The Balaban J connectivity index is 2.76. The number of carbonyl (C=O) groups excluding carboxylic acids is 3. The van der Waals surface area contributed by atoms with Gasteiger partial charge in [0.05, 0.1) is 11.8 Å². The number of Topliss-reactive ketones (excluding diaryl/α,β-unsaturated/α-hetero) is 1. The Morgan fingerprint density at radius 2 is 2.17 bits per heavy atom. The van der Waals surface area contributed by atoms with Gasteiger partial charge in [0.2, 0.25) is 5.78 Å². The maximum atomic E-state index is 12.1. The summed E-state index contributed by atoms with van der Waals surface area (Å²) in [5.41, 5.74) is 8.57. The lowest BCUT2D eigenvalue weighted by Gasteiger charge is -2.20. The molecule has 130 valence electrons. The van der Waals surface area contributed by atoms with Crippen molar-refractivity contribution in [3.8, 4) is 0 Å². The first-order valence-corrected chi connectivity index (χ1v) is 7.37. The molecule has 0 bridgehead atoms. The highest BCUT2D eigenvalue weighted by Crippen LogP contribution is 2.11. The monoisotopic (exact) mass is 336 g/mol. The van der Waals surface area contributed by atoms with E-state index in [9.17, 15) is 19.5 Å². The number of aromatic amines is 1. The van der Waals surface area contributed by atoms with Crippen molar-refractivity contribution in [3.05, 3.63) is 29.6 Å². The molecule has 0 fully saturated rings. The van der Waals surface area contributed by atoms with Crippen molar-refractivity contribution in [2.75, 3.05) is 0 Å². The first kappa shape index (κ1) is 19.3. The van der Waals surface area contributed by atoms with Gasteiger partial charge in [-0.05, 0) is 32.4 Å². The van der Waals surface area contributed by atoms with Gasteiger partial charge in [-0.2, -0.15) is 4.79 Å². The van der Waals surface area contributed by atoms with Crippen molar-refractivity contribution in [1.29, 1.82) is 0 Å². The molecule has 9 heteroatoms. The van der Waals surface area contributed by atoms with E-state index in [1.807, 2.05) is 0 Å². The van der Waals surface area contributed by atoms with E-state index in [0.717, 1.165) is 0 Å². The number of aromatic nitrogens is 1. The van der Waals surface area contributed by atoms with Crippen LogP contribution < -0.4 is 5.32 Å². The molecule has 0 spiro atoms. The summed E-state index contributed by atoms with van der Waals surface area (Å²) < 4.78 is 5.04. The van der Waals surface area contributed by atoms with Crippen LogP contribution in [0.5, 0.6) is 0 Å². The maximum Gasteiger partial charge on any atom is 0.328 e. The third-order valence-electron chi connectivity index (χ3n) is 3.00.